The highest BCUT2D eigenvalue weighted by Crippen LogP contribution is 2.31. The minimum absolute atomic E-state index is 0.280. The number of methoxy groups -OCH3 is 2. The van der Waals surface area contributed by atoms with E-state index in [-0.39, 0.29) is 5.82 Å². The van der Waals surface area contributed by atoms with Crippen molar-refractivity contribution in [1.29, 1.82) is 0 Å². The summed E-state index contributed by atoms with van der Waals surface area (Å²) in [5, 5.41) is 4.32. The first-order valence-electron chi connectivity index (χ1n) is 6.75. The molecule has 1 heterocycles. The minimum Gasteiger partial charge on any atom is -0.493 e. The molecule has 3 rings (SSSR count). The fraction of sp³-hybridized carbons (Fsp3) is 0.118. The average molecular weight is 298 g/mol. The van der Waals surface area contributed by atoms with Crippen molar-refractivity contribution in [1.82, 2.24) is 9.78 Å². The van der Waals surface area contributed by atoms with E-state index in [1.54, 1.807) is 31.2 Å². The van der Waals surface area contributed by atoms with Crippen molar-refractivity contribution < 1.29 is 13.9 Å². The minimum atomic E-state index is -0.280. The van der Waals surface area contributed by atoms with Crippen molar-refractivity contribution in [3.63, 3.8) is 0 Å². The molecule has 22 heavy (non-hydrogen) atoms. The Kier molecular flexibility index (Phi) is 3.78. The van der Waals surface area contributed by atoms with E-state index in [1.807, 2.05) is 30.3 Å². The van der Waals surface area contributed by atoms with Gasteiger partial charge in [-0.1, -0.05) is 12.1 Å². The molecule has 0 saturated carbocycles. The molecule has 4 nitrogen and oxygen atoms in total. The Labute approximate surface area is 127 Å². The van der Waals surface area contributed by atoms with Gasteiger partial charge < -0.3 is 9.47 Å². The van der Waals surface area contributed by atoms with Crippen LogP contribution in [0.3, 0.4) is 0 Å². The maximum atomic E-state index is 13.4. The molecular weight excluding hydrogens is 283 g/mol. The summed E-state index contributed by atoms with van der Waals surface area (Å²) in [7, 11) is 3.17. The maximum absolute atomic E-state index is 13.4. The molecule has 2 aromatic carbocycles. The third kappa shape index (κ3) is 2.53. The first-order valence-corrected chi connectivity index (χ1v) is 6.75. The topological polar surface area (TPSA) is 36.3 Å². The zero-order valence-corrected chi connectivity index (χ0v) is 12.3. The first kappa shape index (κ1) is 14.1. The van der Waals surface area contributed by atoms with Crippen molar-refractivity contribution in [2.75, 3.05) is 14.2 Å². The van der Waals surface area contributed by atoms with Crippen LogP contribution in [0.5, 0.6) is 11.5 Å². The summed E-state index contributed by atoms with van der Waals surface area (Å²) >= 11 is 0. The van der Waals surface area contributed by atoms with Crippen LogP contribution >= 0.6 is 0 Å². The van der Waals surface area contributed by atoms with E-state index in [0.717, 1.165) is 16.9 Å². The van der Waals surface area contributed by atoms with E-state index in [9.17, 15) is 4.39 Å². The number of hydrogen-bond donors (Lipinski definition) is 0. The van der Waals surface area contributed by atoms with Crippen LogP contribution in [0.2, 0.25) is 0 Å². The second-order valence-electron chi connectivity index (χ2n) is 4.68. The van der Waals surface area contributed by atoms with E-state index >= 15 is 0 Å². The number of benzene rings is 2. The highest BCUT2D eigenvalue weighted by Gasteiger charge is 2.11. The van der Waals surface area contributed by atoms with Gasteiger partial charge in [-0.2, -0.15) is 5.10 Å². The molecular formula is C17H15FN2O2. The summed E-state index contributed by atoms with van der Waals surface area (Å²) in [6.45, 7) is 0. The standard InChI is InChI=1S/C17H15FN2O2/c1-21-16-7-6-14(11-17(16)22-2)20-15(8-9-19-20)12-4-3-5-13(18)10-12/h3-11H,1-2H3. The molecule has 112 valence electrons. The Hall–Kier alpha value is -2.82. The number of nitrogens with zero attached hydrogens (tertiary/aromatic N) is 2. The van der Waals surface area contributed by atoms with Crippen LogP contribution in [0.15, 0.2) is 54.7 Å². The van der Waals surface area contributed by atoms with Crippen molar-refractivity contribution >= 4 is 0 Å². The summed E-state index contributed by atoms with van der Waals surface area (Å²) in [6.07, 6.45) is 1.68. The van der Waals surface area contributed by atoms with Gasteiger partial charge in [0, 0.05) is 11.6 Å². The molecule has 0 atom stereocenters. The average Bonchev–Trinajstić information content (AvgIpc) is 3.03. The SMILES string of the molecule is COc1ccc(-n2nccc2-c2cccc(F)c2)cc1OC. The lowest BCUT2D eigenvalue weighted by Crippen LogP contribution is -2.00. The van der Waals surface area contributed by atoms with Gasteiger partial charge in [0.15, 0.2) is 11.5 Å². The number of ether oxygens (including phenoxy) is 2. The van der Waals surface area contributed by atoms with Crippen LogP contribution in [0.1, 0.15) is 0 Å². The molecule has 0 N–H and O–H groups in total. The molecule has 0 amide bonds. The number of rotatable bonds is 4. The maximum Gasteiger partial charge on any atom is 0.162 e. The lowest BCUT2D eigenvalue weighted by Gasteiger charge is -2.12. The van der Waals surface area contributed by atoms with Gasteiger partial charge in [0.2, 0.25) is 0 Å². The second-order valence-corrected chi connectivity index (χ2v) is 4.68. The number of hydrogen-bond acceptors (Lipinski definition) is 3. The molecule has 0 fully saturated rings. The predicted molar refractivity (Wildman–Crippen MR) is 82.1 cm³/mol. The predicted octanol–water partition coefficient (Wildman–Crippen LogP) is 3.70. The van der Waals surface area contributed by atoms with Crippen molar-refractivity contribution in [3.8, 4) is 28.4 Å². The second kappa shape index (κ2) is 5.89. The fourth-order valence-electron chi connectivity index (χ4n) is 2.33. The number of halogens is 1. The highest BCUT2D eigenvalue weighted by molar-refractivity contribution is 5.62. The van der Waals surface area contributed by atoms with Crippen molar-refractivity contribution in [3.05, 3.63) is 60.5 Å². The van der Waals surface area contributed by atoms with Gasteiger partial charge in [-0.05, 0) is 30.3 Å². The smallest absolute Gasteiger partial charge is 0.162 e. The molecule has 0 radical (unpaired) electrons. The van der Waals surface area contributed by atoms with Gasteiger partial charge in [-0.15, -0.1) is 0 Å². The molecule has 0 unspecified atom stereocenters. The summed E-state index contributed by atoms with van der Waals surface area (Å²) in [6, 6.07) is 13.8. The summed E-state index contributed by atoms with van der Waals surface area (Å²) in [5.41, 5.74) is 2.36. The van der Waals surface area contributed by atoms with E-state index < -0.39 is 0 Å². The Morgan fingerprint density at radius 1 is 0.955 bits per heavy atom. The molecule has 5 heteroatoms. The van der Waals surface area contributed by atoms with E-state index in [0.29, 0.717) is 11.5 Å². The Balaban J connectivity index is 2.09. The van der Waals surface area contributed by atoms with Gasteiger partial charge in [0.1, 0.15) is 5.82 Å². The van der Waals surface area contributed by atoms with Crippen LogP contribution in [0, 0.1) is 5.82 Å². The third-order valence-electron chi connectivity index (χ3n) is 3.37. The van der Waals surface area contributed by atoms with Crippen molar-refractivity contribution in [2.24, 2.45) is 0 Å². The largest absolute Gasteiger partial charge is 0.493 e. The quantitative estimate of drug-likeness (QED) is 0.737. The van der Waals surface area contributed by atoms with Gasteiger partial charge >= 0.3 is 0 Å². The summed E-state index contributed by atoms with van der Waals surface area (Å²) in [4.78, 5) is 0. The van der Waals surface area contributed by atoms with E-state index in [1.165, 1.54) is 12.1 Å². The van der Waals surface area contributed by atoms with Crippen LogP contribution in [0.25, 0.3) is 16.9 Å². The lowest BCUT2D eigenvalue weighted by molar-refractivity contribution is 0.355. The van der Waals surface area contributed by atoms with Gasteiger partial charge in [-0.3, -0.25) is 0 Å². The van der Waals surface area contributed by atoms with Gasteiger partial charge in [-0.25, -0.2) is 9.07 Å². The third-order valence-corrected chi connectivity index (χ3v) is 3.37. The monoisotopic (exact) mass is 298 g/mol. The normalized spacial score (nSPS) is 10.5. The zero-order chi connectivity index (χ0) is 15.5. The molecule has 1 aromatic heterocycles. The first-order chi connectivity index (χ1) is 10.7. The Morgan fingerprint density at radius 3 is 2.50 bits per heavy atom. The van der Waals surface area contributed by atoms with Crippen LogP contribution in [-0.4, -0.2) is 24.0 Å². The molecule has 0 aliphatic rings. The molecule has 0 aliphatic heterocycles. The van der Waals surface area contributed by atoms with Gasteiger partial charge in [0.25, 0.3) is 0 Å². The van der Waals surface area contributed by atoms with Crippen LogP contribution in [-0.2, 0) is 0 Å². The highest BCUT2D eigenvalue weighted by atomic mass is 19.1. The Bertz CT molecular complexity index is 799. The zero-order valence-electron chi connectivity index (χ0n) is 12.3. The number of aromatic nitrogens is 2. The van der Waals surface area contributed by atoms with Crippen LogP contribution in [0.4, 0.5) is 4.39 Å². The fourth-order valence-corrected chi connectivity index (χ4v) is 2.33. The van der Waals surface area contributed by atoms with E-state index in [2.05, 4.69) is 5.10 Å². The molecule has 0 aliphatic carbocycles. The molecule has 0 spiro atoms. The summed E-state index contributed by atoms with van der Waals surface area (Å²) < 4.78 is 25.7. The van der Waals surface area contributed by atoms with Gasteiger partial charge in [0.05, 0.1) is 31.8 Å². The molecule has 0 bridgehead atoms. The van der Waals surface area contributed by atoms with Crippen LogP contribution < -0.4 is 9.47 Å². The molecule has 3 aromatic rings. The lowest BCUT2D eigenvalue weighted by atomic mass is 10.1. The molecule has 0 saturated heterocycles. The summed E-state index contributed by atoms with van der Waals surface area (Å²) in [5.74, 6) is 0.976. The van der Waals surface area contributed by atoms with Crippen molar-refractivity contribution in [2.45, 2.75) is 0 Å². The van der Waals surface area contributed by atoms with E-state index in [4.69, 9.17) is 9.47 Å². The Morgan fingerprint density at radius 2 is 1.77 bits per heavy atom.